The summed E-state index contributed by atoms with van der Waals surface area (Å²) in [6.45, 7) is 1.17. The smallest absolute Gasteiger partial charge is 0.335 e. The first-order valence-electron chi connectivity index (χ1n) is 6.91. The summed E-state index contributed by atoms with van der Waals surface area (Å²) in [6, 6.07) is 8.17. The Hall–Kier alpha value is -2.14. The first kappa shape index (κ1) is 13.8. The van der Waals surface area contributed by atoms with Gasteiger partial charge in [-0.25, -0.2) is 9.18 Å². The second kappa shape index (κ2) is 5.69. The van der Waals surface area contributed by atoms with Crippen LogP contribution in [0.25, 0.3) is 0 Å². The number of hydrogen-bond acceptors (Lipinski definition) is 3. The molecule has 1 N–H and O–H groups in total. The van der Waals surface area contributed by atoms with Gasteiger partial charge in [0.15, 0.2) is 0 Å². The maximum atomic E-state index is 13.5. The van der Waals surface area contributed by atoms with Crippen molar-refractivity contribution in [3.63, 3.8) is 0 Å². The van der Waals surface area contributed by atoms with Gasteiger partial charge < -0.3 is 9.52 Å². The van der Waals surface area contributed by atoms with E-state index in [1.165, 1.54) is 12.1 Å². The van der Waals surface area contributed by atoms with Gasteiger partial charge in [-0.05, 0) is 48.7 Å². The van der Waals surface area contributed by atoms with Gasteiger partial charge in [-0.1, -0.05) is 0 Å². The van der Waals surface area contributed by atoms with Crippen LogP contribution in [0.3, 0.4) is 0 Å². The Labute approximate surface area is 121 Å². The molecule has 0 radical (unpaired) electrons. The lowest BCUT2D eigenvalue weighted by Gasteiger charge is -2.21. The minimum absolute atomic E-state index is 0.0151. The SMILES string of the molecule is O=C(O)c1cc(F)cc(CN(Cc2ccco2)C2CC2)c1. The second-order valence-electron chi connectivity index (χ2n) is 5.37. The van der Waals surface area contributed by atoms with Gasteiger partial charge in [-0.3, -0.25) is 4.90 Å². The summed E-state index contributed by atoms with van der Waals surface area (Å²) in [5, 5.41) is 9.00. The molecule has 0 unspecified atom stereocenters. The number of halogens is 1. The molecule has 1 heterocycles. The summed E-state index contributed by atoms with van der Waals surface area (Å²) in [5.41, 5.74) is 0.657. The number of carbonyl (C=O) groups is 1. The van der Waals surface area contributed by atoms with E-state index in [9.17, 15) is 9.18 Å². The fourth-order valence-electron chi connectivity index (χ4n) is 2.46. The third-order valence-electron chi connectivity index (χ3n) is 3.59. The highest BCUT2D eigenvalue weighted by Crippen LogP contribution is 2.30. The monoisotopic (exact) mass is 289 g/mol. The average Bonchev–Trinajstić information content (AvgIpc) is 3.16. The average molecular weight is 289 g/mol. The number of nitrogens with zero attached hydrogens (tertiary/aromatic N) is 1. The fourth-order valence-corrected chi connectivity index (χ4v) is 2.46. The molecule has 2 aromatic rings. The van der Waals surface area contributed by atoms with Crippen molar-refractivity contribution in [1.82, 2.24) is 4.90 Å². The van der Waals surface area contributed by atoms with Crippen molar-refractivity contribution >= 4 is 5.97 Å². The van der Waals surface area contributed by atoms with Gasteiger partial charge in [-0.2, -0.15) is 0 Å². The van der Waals surface area contributed by atoms with E-state index in [0.29, 0.717) is 24.7 Å². The van der Waals surface area contributed by atoms with Crippen LogP contribution in [-0.2, 0) is 13.1 Å². The Morgan fingerprint density at radius 3 is 2.76 bits per heavy atom. The summed E-state index contributed by atoms with van der Waals surface area (Å²) in [5.74, 6) is -0.768. The van der Waals surface area contributed by atoms with E-state index in [0.717, 1.165) is 24.7 Å². The Morgan fingerprint density at radius 2 is 2.14 bits per heavy atom. The molecule has 1 aliphatic carbocycles. The molecule has 5 heteroatoms. The van der Waals surface area contributed by atoms with Crippen molar-refractivity contribution < 1.29 is 18.7 Å². The largest absolute Gasteiger partial charge is 0.478 e. The lowest BCUT2D eigenvalue weighted by Crippen LogP contribution is -2.25. The maximum absolute atomic E-state index is 13.5. The van der Waals surface area contributed by atoms with E-state index in [2.05, 4.69) is 4.90 Å². The highest BCUT2D eigenvalue weighted by Gasteiger charge is 2.29. The molecule has 0 spiro atoms. The highest BCUT2D eigenvalue weighted by atomic mass is 19.1. The molecule has 1 aromatic heterocycles. The molecular weight excluding hydrogens is 273 g/mol. The van der Waals surface area contributed by atoms with Crippen LogP contribution >= 0.6 is 0 Å². The summed E-state index contributed by atoms with van der Waals surface area (Å²) in [4.78, 5) is 13.2. The van der Waals surface area contributed by atoms with Crippen LogP contribution in [0.4, 0.5) is 4.39 Å². The Kier molecular flexibility index (Phi) is 3.75. The van der Waals surface area contributed by atoms with Gasteiger partial charge in [-0.15, -0.1) is 0 Å². The van der Waals surface area contributed by atoms with E-state index in [1.807, 2.05) is 12.1 Å². The number of rotatable bonds is 6. The van der Waals surface area contributed by atoms with Gasteiger partial charge in [0.05, 0.1) is 18.4 Å². The predicted octanol–water partition coefficient (Wildman–Crippen LogP) is 3.28. The Balaban J connectivity index is 1.78. The molecule has 110 valence electrons. The van der Waals surface area contributed by atoms with Crippen molar-refractivity contribution in [3.05, 3.63) is 59.3 Å². The van der Waals surface area contributed by atoms with Crippen LogP contribution in [0.15, 0.2) is 41.0 Å². The van der Waals surface area contributed by atoms with Gasteiger partial charge >= 0.3 is 5.97 Å². The van der Waals surface area contributed by atoms with Crippen molar-refractivity contribution in [2.24, 2.45) is 0 Å². The number of carboxylic acid groups (broad SMARTS) is 1. The van der Waals surface area contributed by atoms with Gasteiger partial charge in [0.25, 0.3) is 0 Å². The lowest BCUT2D eigenvalue weighted by molar-refractivity contribution is 0.0696. The molecule has 1 aromatic carbocycles. The van der Waals surface area contributed by atoms with Crippen LogP contribution in [0, 0.1) is 5.82 Å². The summed E-state index contributed by atoms with van der Waals surface area (Å²) < 4.78 is 18.9. The summed E-state index contributed by atoms with van der Waals surface area (Å²) in [6.07, 6.45) is 3.86. The summed E-state index contributed by atoms with van der Waals surface area (Å²) >= 11 is 0. The highest BCUT2D eigenvalue weighted by molar-refractivity contribution is 5.87. The molecule has 0 atom stereocenters. The topological polar surface area (TPSA) is 53.7 Å². The zero-order valence-corrected chi connectivity index (χ0v) is 11.5. The standard InChI is InChI=1S/C16H16FNO3/c17-13-7-11(6-12(8-13)16(19)20)9-18(14-3-4-14)10-15-2-1-5-21-15/h1-2,5-8,14H,3-4,9-10H2,(H,19,20). The number of hydrogen-bond donors (Lipinski definition) is 1. The predicted molar refractivity (Wildman–Crippen MR) is 74.3 cm³/mol. The second-order valence-corrected chi connectivity index (χ2v) is 5.37. The number of benzene rings is 1. The number of aromatic carboxylic acids is 1. The van der Waals surface area contributed by atoms with Crippen molar-refractivity contribution in [2.45, 2.75) is 32.0 Å². The van der Waals surface area contributed by atoms with Crippen LogP contribution in [0.5, 0.6) is 0 Å². The lowest BCUT2D eigenvalue weighted by atomic mass is 10.1. The first-order valence-corrected chi connectivity index (χ1v) is 6.91. The van der Waals surface area contributed by atoms with E-state index < -0.39 is 11.8 Å². The zero-order chi connectivity index (χ0) is 14.8. The molecule has 0 bridgehead atoms. The minimum Gasteiger partial charge on any atom is -0.478 e. The molecule has 3 rings (SSSR count). The zero-order valence-electron chi connectivity index (χ0n) is 11.5. The third-order valence-corrected chi connectivity index (χ3v) is 3.59. The Morgan fingerprint density at radius 1 is 1.33 bits per heavy atom. The van der Waals surface area contributed by atoms with Crippen LogP contribution in [-0.4, -0.2) is 22.0 Å². The quantitative estimate of drug-likeness (QED) is 0.886. The van der Waals surface area contributed by atoms with Crippen LogP contribution in [0.1, 0.15) is 34.5 Å². The third kappa shape index (κ3) is 3.49. The van der Waals surface area contributed by atoms with Crippen molar-refractivity contribution in [3.8, 4) is 0 Å². The molecule has 1 saturated carbocycles. The number of carboxylic acids is 1. The molecule has 0 amide bonds. The van der Waals surface area contributed by atoms with E-state index in [1.54, 1.807) is 6.26 Å². The molecular formula is C16H16FNO3. The van der Waals surface area contributed by atoms with Crippen molar-refractivity contribution in [1.29, 1.82) is 0 Å². The molecule has 4 nitrogen and oxygen atoms in total. The molecule has 21 heavy (non-hydrogen) atoms. The van der Waals surface area contributed by atoms with Gasteiger partial charge in [0.2, 0.25) is 0 Å². The molecule has 1 fully saturated rings. The minimum atomic E-state index is -1.11. The molecule has 0 saturated heterocycles. The van der Waals surface area contributed by atoms with E-state index >= 15 is 0 Å². The van der Waals surface area contributed by atoms with Gasteiger partial charge in [0.1, 0.15) is 11.6 Å². The van der Waals surface area contributed by atoms with Crippen LogP contribution in [0.2, 0.25) is 0 Å². The number of furan rings is 1. The first-order chi connectivity index (χ1) is 10.1. The van der Waals surface area contributed by atoms with Crippen molar-refractivity contribution in [2.75, 3.05) is 0 Å². The fraction of sp³-hybridized carbons (Fsp3) is 0.312. The van der Waals surface area contributed by atoms with Gasteiger partial charge in [0, 0.05) is 12.6 Å². The van der Waals surface area contributed by atoms with Crippen LogP contribution < -0.4 is 0 Å². The Bertz CT molecular complexity index is 635. The van der Waals surface area contributed by atoms with E-state index in [-0.39, 0.29) is 5.56 Å². The summed E-state index contributed by atoms with van der Waals surface area (Å²) in [7, 11) is 0. The molecule has 0 aliphatic heterocycles. The maximum Gasteiger partial charge on any atom is 0.335 e. The normalized spacial score (nSPS) is 14.6. The van der Waals surface area contributed by atoms with E-state index in [4.69, 9.17) is 9.52 Å². The molecule has 1 aliphatic rings.